The Morgan fingerprint density at radius 3 is 2.56 bits per heavy atom. The number of ether oxygens (including phenoxy) is 1. The van der Waals surface area contributed by atoms with Crippen LogP contribution < -0.4 is 15.4 Å². The predicted octanol–water partition coefficient (Wildman–Crippen LogP) is 5.17. The van der Waals surface area contributed by atoms with Crippen LogP contribution >= 0.6 is 15.9 Å². The monoisotopic (exact) mass is 520 g/mol. The molecule has 7 heteroatoms. The van der Waals surface area contributed by atoms with E-state index in [0.717, 1.165) is 27.0 Å². The third-order valence-corrected chi connectivity index (χ3v) is 6.55. The third-order valence-electron chi connectivity index (χ3n) is 6.06. The average Bonchev–Trinajstić information content (AvgIpc) is 2.85. The van der Waals surface area contributed by atoms with Gasteiger partial charge in [0.2, 0.25) is 5.91 Å². The van der Waals surface area contributed by atoms with Crippen LogP contribution in [0.1, 0.15) is 29.5 Å². The maximum atomic E-state index is 13.6. The summed E-state index contributed by atoms with van der Waals surface area (Å²) in [5.74, 6) is -1.65. The molecular weight excluding hydrogens is 496 g/mol. The molecule has 0 spiro atoms. The van der Waals surface area contributed by atoms with Crippen LogP contribution in [0.2, 0.25) is 0 Å². The van der Waals surface area contributed by atoms with Crippen molar-refractivity contribution in [2.24, 2.45) is 0 Å². The Morgan fingerprint density at radius 2 is 1.85 bits per heavy atom. The topological polar surface area (TPSA) is 87.7 Å². The summed E-state index contributed by atoms with van der Waals surface area (Å²) in [4.78, 5) is 25.7. The number of carboxylic acid groups (broad SMARTS) is 1. The van der Waals surface area contributed by atoms with Crippen molar-refractivity contribution in [3.63, 3.8) is 0 Å². The first kappa shape index (κ1) is 23.6. The lowest BCUT2D eigenvalue weighted by Crippen LogP contribution is -2.45. The Bertz CT molecular complexity index is 1260. The smallest absolute Gasteiger partial charge is 0.312 e. The number of fused-ring (bicyclic) bond motifs is 1. The van der Waals surface area contributed by atoms with Crippen LogP contribution in [0, 0.1) is 0 Å². The fourth-order valence-electron chi connectivity index (χ4n) is 4.15. The number of carbonyl (C=O) groups is 2. The molecule has 1 aliphatic rings. The van der Waals surface area contributed by atoms with Gasteiger partial charge in [0.25, 0.3) is 0 Å². The van der Waals surface area contributed by atoms with Gasteiger partial charge in [-0.1, -0.05) is 58.4 Å². The summed E-state index contributed by atoms with van der Waals surface area (Å²) in [5.41, 5.74) is 2.93. The van der Waals surface area contributed by atoms with E-state index in [1.807, 2.05) is 61.5 Å². The van der Waals surface area contributed by atoms with E-state index in [1.54, 1.807) is 24.3 Å². The van der Waals surface area contributed by atoms with Gasteiger partial charge in [-0.2, -0.15) is 0 Å². The molecule has 0 saturated heterocycles. The van der Waals surface area contributed by atoms with Gasteiger partial charge in [0.15, 0.2) is 0 Å². The van der Waals surface area contributed by atoms with Crippen molar-refractivity contribution in [3.05, 3.63) is 100 Å². The second kappa shape index (κ2) is 9.73. The van der Waals surface area contributed by atoms with E-state index in [2.05, 4.69) is 26.6 Å². The van der Waals surface area contributed by atoms with Crippen LogP contribution in [0.3, 0.4) is 0 Å². The van der Waals surface area contributed by atoms with Gasteiger partial charge in [-0.15, -0.1) is 0 Å². The van der Waals surface area contributed by atoms with Gasteiger partial charge in [-0.05, 0) is 60.0 Å². The number of rotatable bonds is 7. The fraction of sp³-hybridized carbons (Fsp3) is 0.185. The number of hydrogen-bond acceptors (Lipinski definition) is 4. The molecule has 34 heavy (non-hydrogen) atoms. The van der Waals surface area contributed by atoms with Gasteiger partial charge in [0, 0.05) is 22.4 Å². The van der Waals surface area contributed by atoms with Gasteiger partial charge in [-0.3, -0.25) is 9.59 Å². The van der Waals surface area contributed by atoms with Crippen LogP contribution in [0.25, 0.3) is 5.70 Å². The first-order valence-corrected chi connectivity index (χ1v) is 11.6. The molecule has 6 nitrogen and oxygen atoms in total. The lowest BCUT2D eigenvalue weighted by molar-refractivity contribution is -0.138. The van der Waals surface area contributed by atoms with Crippen LogP contribution in [0.15, 0.2) is 83.3 Å². The third kappa shape index (κ3) is 4.70. The van der Waals surface area contributed by atoms with E-state index in [4.69, 9.17) is 4.74 Å². The van der Waals surface area contributed by atoms with Gasteiger partial charge in [-0.25, -0.2) is 0 Å². The summed E-state index contributed by atoms with van der Waals surface area (Å²) in [5, 5.41) is 16.2. The van der Waals surface area contributed by atoms with Gasteiger partial charge < -0.3 is 20.5 Å². The molecule has 3 aromatic rings. The van der Waals surface area contributed by atoms with Crippen molar-refractivity contribution in [2.45, 2.75) is 18.3 Å². The highest BCUT2D eigenvalue weighted by Crippen LogP contribution is 2.41. The van der Waals surface area contributed by atoms with Gasteiger partial charge >= 0.3 is 5.97 Å². The average molecular weight is 521 g/mol. The number of nitrogens with one attached hydrogen (secondary N) is 2. The molecule has 0 bridgehead atoms. The molecule has 2 unspecified atom stereocenters. The number of amides is 1. The second-order valence-electron chi connectivity index (χ2n) is 8.32. The summed E-state index contributed by atoms with van der Waals surface area (Å²) < 4.78 is 6.08. The number of carbonyl (C=O) groups excluding carboxylic acids is 1. The van der Waals surface area contributed by atoms with E-state index < -0.39 is 17.3 Å². The van der Waals surface area contributed by atoms with Crippen molar-refractivity contribution in [2.75, 3.05) is 19.0 Å². The molecule has 1 amide bonds. The molecule has 0 radical (unpaired) electrons. The summed E-state index contributed by atoms with van der Waals surface area (Å²) in [6, 6.07) is 22.4. The fourth-order valence-corrected chi connectivity index (χ4v) is 4.51. The minimum atomic E-state index is -1.02. The predicted molar refractivity (Wildman–Crippen MR) is 136 cm³/mol. The van der Waals surface area contributed by atoms with Crippen LogP contribution in [0.5, 0.6) is 5.75 Å². The molecule has 0 saturated carbocycles. The largest absolute Gasteiger partial charge is 0.497 e. The number of carboxylic acids is 1. The van der Waals surface area contributed by atoms with Crippen molar-refractivity contribution in [1.82, 2.24) is 5.32 Å². The van der Waals surface area contributed by atoms with Crippen molar-refractivity contribution < 1.29 is 19.4 Å². The number of benzene rings is 3. The molecule has 0 fully saturated rings. The van der Waals surface area contributed by atoms with Gasteiger partial charge in [0.1, 0.15) is 5.75 Å². The Kier molecular flexibility index (Phi) is 6.75. The standard InChI is InChI=1S/C27H25BrN2O4/c1-27(26(33)29-16-21(25(31)32)18-9-6-10-20(13-18)34-2)15-24(17-7-4-3-5-8-17)30-23-12-11-19(28)14-22(23)27/h3-15,21,30H,16H2,1-2H3,(H,29,33)(H,31,32). The van der Waals surface area contributed by atoms with Gasteiger partial charge in [0.05, 0.1) is 18.4 Å². The molecule has 1 aliphatic heterocycles. The van der Waals surface area contributed by atoms with Crippen LogP contribution in [0.4, 0.5) is 5.69 Å². The molecule has 2 atom stereocenters. The van der Waals surface area contributed by atoms with Crippen LogP contribution in [-0.2, 0) is 15.0 Å². The van der Waals surface area contributed by atoms with Crippen molar-refractivity contribution >= 4 is 39.2 Å². The highest BCUT2D eigenvalue weighted by molar-refractivity contribution is 9.10. The lowest BCUT2D eigenvalue weighted by Gasteiger charge is -2.34. The van der Waals surface area contributed by atoms with E-state index in [1.165, 1.54) is 7.11 Å². The quantitative estimate of drug-likeness (QED) is 0.400. The van der Waals surface area contributed by atoms with Crippen molar-refractivity contribution in [3.8, 4) is 5.75 Å². The minimum Gasteiger partial charge on any atom is -0.497 e. The number of aliphatic carboxylic acids is 1. The Morgan fingerprint density at radius 1 is 1.09 bits per heavy atom. The summed E-state index contributed by atoms with van der Waals surface area (Å²) >= 11 is 3.51. The zero-order valence-corrected chi connectivity index (χ0v) is 20.4. The van der Waals surface area contributed by atoms with E-state index in [-0.39, 0.29) is 12.5 Å². The zero-order valence-electron chi connectivity index (χ0n) is 18.8. The van der Waals surface area contributed by atoms with Crippen LogP contribution in [-0.4, -0.2) is 30.6 Å². The van der Waals surface area contributed by atoms with E-state index in [0.29, 0.717) is 11.3 Å². The number of hydrogen-bond donors (Lipinski definition) is 3. The molecule has 0 aliphatic carbocycles. The molecule has 4 rings (SSSR count). The first-order chi connectivity index (χ1) is 16.3. The number of halogens is 1. The number of methoxy groups -OCH3 is 1. The molecular formula is C27H25BrN2O4. The first-order valence-electron chi connectivity index (χ1n) is 10.8. The SMILES string of the molecule is COc1cccc(C(CNC(=O)C2(C)C=C(c3ccccc3)Nc3ccc(Br)cc32)C(=O)O)c1. The Labute approximate surface area is 206 Å². The second-order valence-corrected chi connectivity index (χ2v) is 9.23. The summed E-state index contributed by atoms with van der Waals surface area (Å²) in [7, 11) is 1.53. The molecule has 3 N–H and O–H groups in total. The maximum absolute atomic E-state index is 13.6. The molecule has 3 aromatic carbocycles. The zero-order chi connectivity index (χ0) is 24.3. The lowest BCUT2D eigenvalue weighted by atomic mass is 9.77. The summed E-state index contributed by atoms with van der Waals surface area (Å²) in [6.07, 6.45) is 1.90. The number of anilines is 1. The minimum absolute atomic E-state index is 0.0534. The highest BCUT2D eigenvalue weighted by Gasteiger charge is 2.39. The van der Waals surface area contributed by atoms with E-state index in [9.17, 15) is 14.7 Å². The molecule has 0 aromatic heterocycles. The Hall–Kier alpha value is -3.58. The van der Waals surface area contributed by atoms with E-state index >= 15 is 0 Å². The normalized spacial score (nSPS) is 17.6. The maximum Gasteiger partial charge on any atom is 0.312 e. The van der Waals surface area contributed by atoms with Crippen molar-refractivity contribution in [1.29, 1.82) is 0 Å². The summed E-state index contributed by atoms with van der Waals surface area (Å²) in [6.45, 7) is 1.79. The molecule has 1 heterocycles. The molecule has 174 valence electrons. The highest BCUT2D eigenvalue weighted by atomic mass is 79.9. The Balaban J connectivity index is 1.66.